The Morgan fingerprint density at radius 2 is 2.00 bits per heavy atom. The zero-order chi connectivity index (χ0) is 14.1. The number of rotatable bonds is 2. The number of aromatic nitrogens is 1. The first-order valence-corrected chi connectivity index (χ1v) is 6.79. The van der Waals surface area contributed by atoms with Gasteiger partial charge in [0.05, 0.1) is 15.8 Å². The highest BCUT2D eigenvalue weighted by Crippen LogP contribution is 2.31. The van der Waals surface area contributed by atoms with E-state index in [4.69, 9.17) is 5.73 Å². The van der Waals surface area contributed by atoms with E-state index in [1.54, 1.807) is 18.5 Å². The minimum atomic E-state index is -0.358. The second-order valence-corrected chi connectivity index (χ2v) is 5.24. The van der Waals surface area contributed by atoms with Crippen LogP contribution in [0.25, 0.3) is 10.8 Å². The summed E-state index contributed by atoms with van der Waals surface area (Å²) in [5, 5.41) is 5.18. The molecule has 5 heteroatoms. The van der Waals surface area contributed by atoms with Gasteiger partial charge in [-0.2, -0.15) is 0 Å². The molecule has 1 aromatic heterocycles. The third-order valence-electron chi connectivity index (χ3n) is 3.04. The zero-order valence-electron chi connectivity index (χ0n) is 10.4. The zero-order valence-corrected chi connectivity index (χ0v) is 12.0. The van der Waals surface area contributed by atoms with Gasteiger partial charge in [0.2, 0.25) is 0 Å². The Bertz CT molecular complexity index is 784. The van der Waals surface area contributed by atoms with E-state index in [0.717, 1.165) is 16.5 Å². The van der Waals surface area contributed by atoms with Gasteiger partial charge in [-0.1, -0.05) is 12.1 Å². The molecule has 100 valence electrons. The van der Waals surface area contributed by atoms with E-state index >= 15 is 0 Å². The molecule has 3 N–H and O–H groups in total. The van der Waals surface area contributed by atoms with Crippen LogP contribution >= 0.6 is 15.9 Å². The smallest absolute Gasteiger partial charge is 0.139 e. The van der Waals surface area contributed by atoms with Crippen molar-refractivity contribution in [1.29, 1.82) is 0 Å². The van der Waals surface area contributed by atoms with Gasteiger partial charge < -0.3 is 11.1 Å². The van der Waals surface area contributed by atoms with Crippen LogP contribution in [-0.4, -0.2) is 4.98 Å². The van der Waals surface area contributed by atoms with Crippen LogP contribution in [0.5, 0.6) is 0 Å². The Morgan fingerprint density at radius 3 is 2.85 bits per heavy atom. The van der Waals surface area contributed by atoms with Gasteiger partial charge in [0.15, 0.2) is 0 Å². The molecule has 0 fully saturated rings. The summed E-state index contributed by atoms with van der Waals surface area (Å²) in [6, 6.07) is 10.6. The fourth-order valence-electron chi connectivity index (χ4n) is 2.05. The predicted octanol–water partition coefficient (Wildman–Crippen LogP) is 4.46. The van der Waals surface area contributed by atoms with Crippen molar-refractivity contribution >= 4 is 43.8 Å². The highest BCUT2D eigenvalue weighted by Gasteiger charge is 2.08. The summed E-state index contributed by atoms with van der Waals surface area (Å²) in [5.41, 5.74) is 7.78. The molecule has 3 rings (SSSR count). The number of nitrogens with one attached hydrogen (secondary N) is 1. The van der Waals surface area contributed by atoms with Crippen molar-refractivity contribution in [3.05, 3.63) is 59.1 Å². The lowest BCUT2D eigenvalue weighted by atomic mass is 10.1. The number of benzene rings is 2. The molecule has 0 saturated heterocycles. The highest BCUT2D eigenvalue weighted by molar-refractivity contribution is 9.10. The molecule has 0 amide bonds. The Kier molecular flexibility index (Phi) is 3.28. The minimum Gasteiger partial charge on any atom is -0.397 e. The summed E-state index contributed by atoms with van der Waals surface area (Å²) in [7, 11) is 0. The van der Waals surface area contributed by atoms with Gasteiger partial charge in [0, 0.05) is 34.9 Å². The van der Waals surface area contributed by atoms with E-state index in [1.807, 2.05) is 24.3 Å². The molecule has 2 aromatic carbocycles. The first-order chi connectivity index (χ1) is 9.65. The molecule has 3 aromatic rings. The molecule has 0 bridgehead atoms. The summed E-state index contributed by atoms with van der Waals surface area (Å²) in [6.45, 7) is 0. The second-order valence-electron chi connectivity index (χ2n) is 4.38. The van der Waals surface area contributed by atoms with E-state index in [2.05, 4.69) is 26.2 Å². The average molecular weight is 332 g/mol. The first-order valence-electron chi connectivity index (χ1n) is 5.99. The van der Waals surface area contributed by atoms with E-state index in [1.165, 1.54) is 6.07 Å². The molecule has 0 aliphatic carbocycles. The molecular weight excluding hydrogens is 321 g/mol. The van der Waals surface area contributed by atoms with Gasteiger partial charge in [-0.05, 0) is 34.1 Å². The van der Waals surface area contributed by atoms with Gasteiger partial charge in [-0.15, -0.1) is 0 Å². The molecule has 0 aliphatic rings. The number of nitrogen functional groups attached to an aromatic ring is 1. The highest BCUT2D eigenvalue weighted by atomic mass is 79.9. The topological polar surface area (TPSA) is 50.9 Å². The third kappa shape index (κ3) is 2.32. The minimum absolute atomic E-state index is 0.350. The standard InChI is InChI=1S/C15H11BrFN3/c16-11-6-13(18)15(7-12(11)17)20-14-3-1-2-9-8-19-5-4-10(9)14/h1-8,20H,18H2. The van der Waals surface area contributed by atoms with Crippen LogP contribution in [0.1, 0.15) is 0 Å². The number of nitrogens with two attached hydrogens (primary N) is 1. The van der Waals surface area contributed by atoms with Gasteiger partial charge in [0.1, 0.15) is 5.82 Å². The number of nitrogens with zero attached hydrogens (tertiary/aromatic N) is 1. The van der Waals surface area contributed by atoms with E-state index in [0.29, 0.717) is 15.8 Å². The molecule has 20 heavy (non-hydrogen) atoms. The van der Waals surface area contributed by atoms with Gasteiger partial charge >= 0.3 is 0 Å². The molecule has 0 atom stereocenters. The van der Waals surface area contributed by atoms with Crippen molar-refractivity contribution in [2.75, 3.05) is 11.1 Å². The van der Waals surface area contributed by atoms with Crippen LogP contribution in [-0.2, 0) is 0 Å². The lowest BCUT2D eigenvalue weighted by Crippen LogP contribution is -1.98. The lowest BCUT2D eigenvalue weighted by molar-refractivity contribution is 0.622. The third-order valence-corrected chi connectivity index (χ3v) is 3.65. The van der Waals surface area contributed by atoms with E-state index in [-0.39, 0.29) is 5.82 Å². The van der Waals surface area contributed by atoms with Crippen LogP contribution in [0.4, 0.5) is 21.5 Å². The van der Waals surface area contributed by atoms with Crippen LogP contribution in [0.15, 0.2) is 53.3 Å². The van der Waals surface area contributed by atoms with Gasteiger partial charge in [0.25, 0.3) is 0 Å². The summed E-state index contributed by atoms with van der Waals surface area (Å²) in [6.07, 6.45) is 3.51. The van der Waals surface area contributed by atoms with E-state index < -0.39 is 0 Å². The number of fused-ring (bicyclic) bond motifs is 1. The molecule has 0 saturated carbocycles. The molecule has 0 spiro atoms. The van der Waals surface area contributed by atoms with Crippen molar-refractivity contribution in [1.82, 2.24) is 4.98 Å². The largest absolute Gasteiger partial charge is 0.397 e. The first kappa shape index (κ1) is 12.9. The SMILES string of the molecule is Nc1cc(Br)c(F)cc1Nc1cccc2cnccc12. The summed E-state index contributed by atoms with van der Waals surface area (Å²) >= 11 is 3.11. The second kappa shape index (κ2) is 5.09. The van der Waals surface area contributed by atoms with Gasteiger partial charge in [-0.25, -0.2) is 4.39 Å². The van der Waals surface area contributed by atoms with Crippen LogP contribution < -0.4 is 11.1 Å². The average Bonchev–Trinajstić information content (AvgIpc) is 2.45. The summed E-state index contributed by atoms with van der Waals surface area (Å²) in [5.74, 6) is -0.358. The normalized spacial score (nSPS) is 10.7. The Morgan fingerprint density at radius 1 is 1.15 bits per heavy atom. The lowest BCUT2D eigenvalue weighted by Gasteiger charge is -2.12. The fourth-order valence-corrected chi connectivity index (χ4v) is 2.41. The monoisotopic (exact) mass is 331 g/mol. The van der Waals surface area contributed by atoms with Crippen molar-refractivity contribution in [2.45, 2.75) is 0 Å². The van der Waals surface area contributed by atoms with Crippen molar-refractivity contribution in [2.24, 2.45) is 0 Å². The van der Waals surface area contributed by atoms with Crippen molar-refractivity contribution in [3.8, 4) is 0 Å². The Balaban J connectivity index is 2.08. The van der Waals surface area contributed by atoms with Crippen LogP contribution in [0.3, 0.4) is 0 Å². The molecule has 0 aliphatic heterocycles. The maximum Gasteiger partial charge on any atom is 0.139 e. The van der Waals surface area contributed by atoms with Crippen molar-refractivity contribution < 1.29 is 4.39 Å². The van der Waals surface area contributed by atoms with E-state index in [9.17, 15) is 4.39 Å². The fraction of sp³-hybridized carbons (Fsp3) is 0. The molecule has 0 unspecified atom stereocenters. The number of pyridine rings is 1. The van der Waals surface area contributed by atoms with Crippen molar-refractivity contribution in [3.63, 3.8) is 0 Å². The molecular formula is C15H11BrFN3. The maximum absolute atomic E-state index is 13.6. The molecule has 3 nitrogen and oxygen atoms in total. The Hall–Kier alpha value is -2.14. The van der Waals surface area contributed by atoms with Gasteiger partial charge in [-0.3, -0.25) is 4.98 Å². The molecule has 0 radical (unpaired) electrons. The number of anilines is 3. The Labute approximate surface area is 123 Å². The maximum atomic E-state index is 13.6. The number of hydrogen-bond donors (Lipinski definition) is 2. The number of halogens is 2. The van der Waals surface area contributed by atoms with Crippen LogP contribution in [0.2, 0.25) is 0 Å². The summed E-state index contributed by atoms with van der Waals surface area (Å²) < 4.78 is 14.0. The van der Waals surface area contributed by atoms with Crippen LogP contribution in [0, 0.1) is 5.82 Å². The predicted molar refractivity (Wildman–Crippen MR) is 83.5 cm³/mol. The molecule has 1 heterocycles. The quantitative estimate of drug-likeness (QED) is 0.681. The summed E-state index contributed by atoms with van der Waals surface area (Å²) in [4.78, 5) is 4.09. The number of hydrogen-bond acceptors (Lipinski definition) is 3.